The van der Waals surface area contributed by atoms with E-state index in [0.29, 0.717) is 18.3 Å². The average molecular weight is 276 g/mol. The predicted octanol–water partition coefficient (Wildman–Crippen LogP) is 3.68. The minimum absolute atomic E-state index is 0.609. The Morgan fingerprint density at radius 3 is 3.05 bits per heavy atom. The third-order valence-corrected chi connectivity index (χ3v) is 3.25. The number of fused-ring (bicyclic) bond motifs is 1. The highest BCUT2D eigenvalue weighted by Crippen LogP contribution is 2.21. The second kappa shape index (κ2) is 5.05. The van der Waals surface area contributed by atoms with Crippen molar-refractivity contribution < 1.29 is 4.52 Å². The minimum Gasteiger partial charge on any atom is -0.340 e. The summed E-state index contributed by atoms with van der Waals surface area (Å²) in [4.78, 5) is 4.37. The van der Waals surface area contributed by atoms with Gasteiger partial charge in [0.05, 0.1) is 6.54 Å². The van der Waals surface area contributed by atoms with Gasteiger partial charge in [-0.1, -0.05) is 23.7 Å². The lowest BCUT2D eigenvalue weighted by atomic mass is 10.2. The molecule has 3 rings (SSSR count). The van der Waals surface area contributed by atoms with Gasteiger partial charge in [0.2, 0.25) is 5.89 Å². The van der Waals surface area contributed by atoms with Gasteiger partial charge in [-0.05, 0) is 30.7 Å². The monoisotopic (exact) mass is 275 g/mol. The van der Waals surface area contributed by atoms with Crippen LogP contribution in [0, 0.1) is 0 Å². The molecule has 0 aliphatic heterocycles. The van der Waals surface area contributed by atoms with E-state index in [4.69, 9.17) is 16.1 Å². The van der Waals surface area contributed by atoms with Gasteiger partial charge in [0.1, 0.15) is 0 Å². The molecule has 0 spiro atoms. The van der Waals surface area contributed by atoms with Gasteiger partial charge in [-0.2, -0.15) is 4.98 Å². The molecule has 2 aromatic heterocycles. The summed E-state index contributed by atoms with van der Waals surface area (Å²) in [5.74, 6) is 1.41. The van der Waals surface area contributed by atoms with E-state index in [9.17, 15) is 0 Å². The summed E-state index contributed by atoms with van der Waals surface area (Å²) in [6.07, 6.45) is 3.85. The fraction of sp³-hybridized carbons (Fsp3) is 0.286. The molecule has 0 radical (unpaired) electrons. The molecule has 3 aromatic rings. The summed E-state index contributed by atoms with van der Waals surface area (Å²) in [5.41, 5.74) is 1.12. The van der Waals surface area contributed by atoms with Crippen molar-refractivity contribution in [2.24, 2.45) is 0 Å². The fourth-order valence-corrected chi connectivity index (χ4v) is 2.31. The molecule has 98 valence electrons. The summed E-state index contributed by atoms with van der Waals surface area (Å²) >= 11 is 5.98. The molecule has 1 aromatic carbocycles. The first-order valence-corrected chi connectivity index (χ1v) is 6.70. The SMILES string of the molecule is CCCc1nc(Cn2ccc3cc(Cl)ccc32)no1. The van der Waals surface area contributed by atoms with Crippen LogP contribution in [-0.4, -0.2) is 14.7 Å². The van der Waals surface area contributed by atoms with Crippen LogP contribution in [0.4, 0.5) is 0 Å². The molecular formula is C14H14ClN3O. The molecule has 2 heterocycles. The van der Waals surface area contributed by atoms with Crippen LogP contribution < -0.4 is 0 Å². The third kappa shape index (κ3) is 2.49. The van der Waals surface area contributed by atoms with Crippen molar-refractivity contribution in [2.45, 2.75) is 26.3 Å². The molecule has 0 unspecified atom stereocenters. The zero-order valence-corrected chi connectivity index (χ0v) is 11.4. The van der Waals surface area contributed by atoms with Crippen LogP contribution in [-0.2, 0) is 13.0 Å². The highest BCUT2D eigenvalue weighted by atomic mass is 35.5. The molecule has 5 heteroatoms. The number of hydrogen-bond donors (Lipinski definition) is 0. The summed E-state index contributed by atoms with van der Waals surface area (Å²) in [6, 6.07) is 7.88. The molecule has 0 atom stereocenters. The number of benzene rings is 1. The van der Waals surface area contributed by atoms with Gasteiger partial charge >= 0.3 is 0 Å². The lowest BCUT2D eigenvalue weighted by Crippen LogP contribution is -1.99. The van der Waals surface area contributed by atoms with Crippen molar-refractivity contribution in [3.05, 3.63) is 47.2 Å². The van der Waals surface area contributed by atoms with E-state index < -0.39 is 0 Å². The van der Waals surface area contributed by atoms with E-state index in [1.165, 1.54) is 0 Å². The minimum atomic E-state index is 0.609. The normalized spacial score (nSPS) is 11.3. The first-order chi connectivity index (χ1) is 9.26. The molecular weight excluding hydrogens is 262 g/mol. The zero-order valence-electron chi connectivity index (χ0n) is 10.6. The first-order valence-electron chi connectivity index (χ1n) is 6.32. The van der Waals surface area contributed by atoms with Crippen LogP contribution in [0.1, 0.15) is 25.1 Å². The van der Waals surface area contributed by atoms with Crippen molar-refractivity contribution in [3.8, 4) is 0 Å². The Morgan fingerprint density at radius 2 is 2.21 bits per heavy atom. The number of halogens is 1. The third-order valence-electron chi connectivity index (χ3n) is 3.02. The van der Waals surface area contributed by atoms with Gasteiger partial charge < -0.3 is 9.09 Å². The maximum atomic E-state index is 5.98. The number of aromatic nitrogens is 3. The smallest absolute Gasteiger partial charge is 0.226 e. The highest BCUT2D eigenvalue weighted by Gasteiger charge is 2.08. The van der Waals surface area contributed by atoms with Crippen LogP contribution in [0.2, 0.25) is 5.02 Å². The van der Waals surface area contributed by atoms with Crippen LogP contribution in [0.5, 0.6) is 0 Å². The molecule has 0 fully saturated rings. The van der Waals surface area contributed by atoms with Gasteiger partial charge in [-0.15, -0.1) is 0 Å². The molecule has 0 bridgehead atoms. The second-order valence-corrected chi connectivity index (χ2v) is 4.94. The van der Waals surface area contributed by atoms with Gasteiger partial charge in [-0.3, -0.25) is 0 Å². The Labute approximate surface area is 116 Å². The van der Waals surface area contributed by atoms with Crippen LogP contribution in [0.15, 0.2) is 35.0 Å². The van der Waals surface area contributed by atoms with Gasteiger partial charge in [0, 0.05) is 28.5 Å². The Kier molecular flexibility index (Phi) is 3.25. The molecule has 4 nitrogen and oxygen atoms in total. The molecule has 0 aliphatic rings. The van der Waals surface area contributed by atoms with Gasteiger partial charge in [0.25, 0.3) is 0 Å². The highest BCUT2D eigenvalue weighted by molar-refractivity contribution is 6.31. The van der Waals surface area contributed by atoms with Crippen molar-refractivity contribution in [1.29, 1.82) is 0 Å². The molecule has 19 heavy (non-hydrogen) atoms. The van der Waals surface area contributed by atoms with E-state index in [1.807, 2.05) is 30.5 Å². The van der Waals surface area contributed by atoms with E-state index >= 15 is 0 Å². The number of rotatable bonds is 4. The van der Waals surface area contributed by atoms with Crippen LogP contribution in [0.25, 0.3) is 10.9 Å². The summed E-state index contributed by atoms with van der Waals surface area (Å²) in [5, 5.41) is 5.86. The molecule has 0 N–H and O–H groups in total. The number of nitrogens with zero attached hydrogens (tertiary/aromatic N) is 3. The number of aryl methyl sites for hydroxylation is 1. The van der Waals surface area contributed by atoms with E-state index in [-0.39, 0.29) is 0 Å². The Balaban J connectivity index is 1.88. The van der Waals surface area contributed by atoms with E-state index in [0.717, 1.165) is 28.8 Å². The van der Waals surface area contributed by atoms with Crippen molar-refractivity contribution in [1.82, 2.24) is 14.7 Å². The van der Waals surface area contributed by atoms with E-state index in [2.05, 4.69) is 21.6 Å². The Hall–Kier alpha value is -1.81. The molecule has 0 saturated heterocycles. The summed E-state index contributed by atoms with van der Waals surface area (Å²) in [6.45, 7) is 2.70. The largest absolute Gasteiger partial charge is 0.340 e. The Bertz CT molecular complexity index is 702. The lowest BCUT2D eigenvalue weighted by molar-refractivity contribution is 0.371. The maximum Gasteiger partial charge on any atom is 0.226 e. The van der Waals surface area contributed by atoms with Crippen molar-refractivity contribution in [2.75, 3.05) is 0 Å². The van der Waals surface area contributed by atoms with Crippen LogP contribution in [0.3, 0.4) is 0 Å². The molecule has 0 amide bonds. The molecule has 0 saturated carbocycles. The van der Waals surface area contributed by atoms with Gasteiger partial charge in [-0.25, -0.2) is 0 Å². The summed E-state index contributed by atoms with van der Waals surface area (Å²) < 4.78 is 7.28. The van der Waals surface area contributed by atoms with Crippen molar-refractivity contribution in [3.63, 3.8) is 0 Å². The van der Waals surface area contributed by atoms with Crippen molar-refractivity contribution >= 4 is 22.5 Å². The average Bonchev–Trinajstić information content (AvgIpc) is 2.98. The molecule has 0 aliphatic carbocycles. The zero-order chi connectivity index (χ0) is 13.2. The lowest BCUT2D eigenvalue weighted by Gasteiger charge is -2.01. The second-order valence-electron chi connectivity index (χ2n) is 4.50. The first kappa shape index (κ1) is 12.2. The predicted molar refractivity (Wildman–Crippen MR) is 74.3 cm³/mol. The quantitative estimate of drug-likeness (QED) is 0.729. The fourth-order valence-electron chi connectivity index (χ4n) is 2.13. The number of hydrogen-bond acceptors (Lipinski definition) is 3. The maximum absolute atomic E-state index is 5.98. The van der Waals surface area contributed by atoms with E-state index in [1.54, 1.807) is 0 Å². The topological polar surface area (TPSA) is 43.9 Å². The van der Waals surface area contributed by atoms with Gasteiger partial charge in [0.15, 0.2) is 5.82 Å². The summed E-state index contributed by atoms with van der Waals surface area (Å²) in [7, 11) is 0. The van der Waals surface area contributed by atoms with Crippen LogP contribution >= 0.6 is 11.6 Å². The standard InChI is InChI=1S/C14H14ClN3O/c1-2-3-14-16-13(17-19-14)9-18-7-6-10-8-11(15)4-5-12(10)18/h4-8H,2-3,9H2,1H3. The Morgan fingerprint density at radius 1 is 1.32 bits per heavy atom.